The number of hydrogen-bond acceptors (Lipinski definition) is 4. The van der Waals surface area contributed by atoms with Gasteiger partial charge in [0.25, 0.3) is 0 Å². The summed E-state index contributed by atoms with van der Waals surface area (Å²) in [6.07, 6.45) is 4.98. The van der Waals surface area contributed by atoms with Crippen LogP contribution in [0.15, 0.2) is 24.8 Å². The Kier molecular flexibility index (Phi) is 1.25. The van der Waals surface area contributed by atoms with Gasteiger partial charge in [0.1, 0.15) is 5.52 Å². The molecule has 0 aliphatic heterocycles. The molecule has 0 saturated carbocycles. The average Bonchev–Trinajstić information content (AvgIpc) is 2.66. The number of aromatic nitrogens is 4. The normalized spacial score (nSPS) is 11.1. The molecule has 14 heavy (non-hydrogen) atoms. The molecular formula is C9H7N5. The highest BCUT2D eigenvalue weighted by atomic mass is 15.0. The van der Waals surface area contributed by atoms with Crippen LogP contribution in [0.2, 0.25) is 0 Å². The van der Waals surface area contributed by atoms with Gasteiger partial charge in [-0.2, -0.15) is 0 Å². The van der Waals surface area contributed by atoms with E-state index in [1.165, 1.54) is 0 Å². The molecule has 5 nitrogen and oxygen atoms in total. The number of pyridine rings is 2. The molecule has 3 aromatic heterocycles. The summed E-state index contributed by atoms with van der Waals surface area (Å²) >= 11 is 0. The lowest BCUT2D eigenvalue weighted by Crippen LogP contribution is -1.92. The van der Waals surface area contributed by atoms with Crippen molar-refractivity contribution in [3.8, 4) is 0 Å². The van der Waals surface area contributed by atoms with Gasteiger partial charge in [-0.1, -0.05) is 0 Å². The SMILES string of the molecule is Nc1c2cnccc2nc2nc[nH]c12. The molecule has 0 fully saturated rings. The third-order valence-electron chi connectivity index (χ3n) is 2.20. The number of hydrogen-bond donors (Lipinski definition) is 2. The molecule has 0 aliphatic carbocycles. The smallest absolute Gasteiger partial charge is 0.180 e. The summed E-state index contributed by atoms with van der Waals surface area (Å²) in [6.45, 7) is 0. The fourth-order valence-electron chi connectivity index (χ4n) is 1.51. The minimum Gasteiger partial charge on any atom is -0.396 e. The van der Waals surface area contributed by atoms with Gasteiger partial charge in [-0.05, 0) is 6.07 Å². The van der Waals surface area contributed by atoms with E-state index in [-0.39, 0.29) is 0 Å². The van der Waals surface area contributed by atoms with Gasteiger partial charge >= 0.3 is 0 Å². The predicted molar refractivity (Wildman–Crippen MR) is 53.6 cm³/mol. The largest absolute Gasteiger partial charge is 0.396 e. The quantitative estimate of drug-likeness (QED) is 0.549. The van der Waals surface area contributed by atoms with E-state index in [4.69, 9.17) is 5.73 Å². The third kappa shape index (κ3) is 0.806. The standard InChI is InChI=1S/C9H7N5/c10-7-5-3-11-2-1-6(5)14-9-8(7)12-4-13-9/h1-4H,(H3,10,12,13,14). The highest BCUT2D eigenvalue weighted by Gasteiger charge is 2.06. The van der Waals surface area contributed by atoms with Gasteiger partial charge in [-0.25, -0.2) is 9.97 Å². The van der Waals surface area contributed by atoms with Crippen molar-refractivity contribution in [1.82, 2.24) is 19.9 Å². The van der Waals surface area contributed by atoms with Crippen molar-refractivity contribution in [3.05, 3.63) is 24.8 Å². The van der Waals surface area contributed by atoms with Gasteiger partial charge in [0.15, 0.2) is 5.65 Å². The molecule has 0 radical (unpaired) electrons. The van der Waals surface area contributed by atoms with E-state index >= 15 is 0 Å². The van der Waals surface area contributed by atoms with Gasteiger partial charge < -0.3 is 10.7 Å². The molecule has 0 bridgehead atoms. The highest BCUT2D eigenvalue weighted by Crippen LogP contribution is 2.24. The molecule has 0 aliphatic rings. The fourth-order valence-corrected chi connectivity index (χ4v) is 1.51. The molecule has 0 amide bonds. The van der Waals surface area contributed by atoms with Crippen LogP contribution in [0.5, 0.6) is 0 Å². The Hall–Kier alpha value is -2.17. The summed E-state index contributed by atoms with van der Waals surface area (Å²) in [5, 5.41) is 0.851. The van der Waals surface area contributed by atoms with Gasteiger partial charge in [0.05, 0.1) is 17.5 Å². The molecule has 0 aromatic carbocycles. The van der Waals surface area contributed by atoms with Crippen LogP contribution in [0.25, 0.3) is 22.1 Å². The fraction of sp³-hybridized carbons (Fsp3) is 0. The van der Waals surface area contributed by atoms with E-state index in [9.17, 15) is 0 Å². The summed E-state index contributed by atoms with van der Waals surface area (Å²) in [7, 11) is 0. The predicted octanol–water partition coefficient (Wildman–Crippen LogP) is 1.09. The second-order valence-corrected chi connectivity index (χ2v) is 3.02. The average molecular weight is 185 g/mol. The molecule has 5 heteroatoms. The second-order valence-electron chi connectivity index (χ2n) is 3.02. The van der Waals surface area contributed by atoms with Crippen LogP contribution in [0.4, 0.5) is 5.69 Å². The summed E-state index contributed by atoms with van der Waals surface area (Å²) in [5.74, 6) is 0. The van der Waals surface area contributed by atoms with Crippen molar-refractivity contribution in [2.45, 2.75) is 0 Å². The monoisotopic (exact) mass is 185 g/mol. The first-order valence-electron chi connectivity index (χ1n) is 4.18. The second kappa shape index (κ2) is 2.41. The molecule has 0 saturated heterocycles. The Labute approximate surface area is 79.0 Å². The van der Waals surface area contributed by atoms with Crippen molar-refractivity contribution in [3.63, 3.8) is 0 Å². The van der Waals surface area contributed by atoms with Crippen molar-refractivity contribution < 1.29 is 0 Å². The Morgan fingerprint density at radius 2 is 2.29 bits per heavy atom. The Morgan fingerprint density at radius 3 is 3.21 bits per heavy atom. The highest BCUT2D eigenvalue weighted by molar-refractivity contribution is 6.02. The molecule has 3 heterocycles. The molecule has 0 unspecified atom stereocenters. The van der Waals surface area contributed by atoms with Crippen LogP contribution in [0, 0.1) is 0 Å². The minimum atomic E-state index is 0.640. The zero-order valence-corrected chi connectivity index (χ0v) is 7.23. The summed E-state index contributed by atoms with van der Waals surface area (Å²) < 4.78 is 0. The van der Waals surface area contributed by atoms with Crippen LogP contribution in [-0.2, 0) is 0 Å². The van der Waals surface area contributed by atoms with Crippen LogP contribution < -0.4 is 5.73 Å². The first-order valence-corrected chi connectivity index (χ1v) is 4.18. The first kappa shape index (κ1) is 7.25. The number of nitrogens with two attached hydrogens (primary N) is 1. The van der Waals surface area contributed by atoms with Gasteiger partial charge in [-0.3, -0.25) is 4.98 Å². The van der Waals surface area contributed by atoms with Crippen molar-refractivity contribution in [2.75, 3.05) is 5.73 Å². The van der Waals surface area contributed by atoms with Gasteiger partial charge in [0, 0.05) is 17.8 Å². The number of nitrogens with zero attached hydrogens (tertiary/aromatic N) is 3. The lowest BCUT2D eigenvalue weighted by atomic mass is 10.2. The Balaban J connectivity index is 2.63. The summed E-state index contributed by atoms with van der Waals surface area (Å²) in [4.78, 5) is 15.4. The Morgan fingerprint density at radius 1 is 1.36 bits per heavy atom. The maximum absolute atomic E-state index is 5.95. The number of rotatable bonds is 0. The topological polar surface area (TPSA) is 80.5 Å². The molecule has 3 rings (SSSR count). The van der Waals surface area contributed by atoms with E-state index in [1.807, 2.05) is 6.07 Å². The van der Waals surface area contributed by atoms with Crippen molar-refractivity contribution in [1.29, 1.82) is 0 Å². The van der Waals surface area contributed by atoms with Crippen LogP contribution in [-0.4, -0.2) is 19.9 Å². The van der Waals surface area contributed by atoms with Crippen molar-refractivity contribution >= 4 is 27.8 Å². The van der Waals surface area contributed by atoms with E-state index < -0.39 is 0 Å². The molecule has 0 atom stereocenters. The zero-order chi connectivity index (χ0) is 9.54. The summed E-state index contributed by atoms with van der Waals surface area (Å²) in [5.41, 5.74) is 8.82. The number of fused-ring (bicyclic) bond motifs is 2. The van der Waals surface area contributed by atoms with Crippen LogP contribution in [0.3, 0.4) is 0 Å². The number of aromatic amines is 1. The van der Waals surface area contributed by atoms with E-state index in [2.05, 4.69) is 19.9 Å². The maximum atomic E-state index is 5.95. The number of nitrogen functional groups attached to an aromatic ring is 1. The number of nitrogens with one attached hydrogen (secondary N) is 1. The van der Waals surface area contributed by atoms with Crippen LogP contribution >= 0.6 is 0 Å². The minimum absolute atomic E-state index is 0.640. The summed E-state index contributed by atoms with van der Waals surface area (Å²) in [6, 6.07) is 1.82. The first-order chi connectivity index (χ1) is 6.86. The number of imidazole rings is 1. The van der Waals surface area contributed by atoms with Gasteiger partial charge in [0.2, 0.25) is 0 Å². The number of anilines is 1. The van der Waals surface area contributed by atoms with E-state index in [0.717, 1.165) is 16.4 Å². The lowest BCUT2D eigenvalue weighted by Gasteiger charge is -2.00. The molecule has 3 N–H and O–H groups in total. The maximum Gasteiger partial charge on any atom is 0.180 e. The van der Waals surface area contributed by atoms with Crippen LogP contribution in [0.1, 0.15) is 0 Å². The molecule has 3 aromatic rings. The molecule has 68 valence electrons. The molecular weight excluding hydrogens is 178 g/mol. The molecule has 0 spiro atoms. The van der Waals surface area contributed by atoms with Crippen molar-refractivity contribution in [2.24, 2.45) is 0 Å². The van der Waals surface area contributed by atoms with E-state index in [0.29, 0.717) is 11.3 Å². The number of H-pyrrole nitrogens is 1. The lowest BCUT2D eigenvalue weighted by molar-refractivity contribution is 1.31. The van der Waals surface area contributed by atoms with E-state index in [1.54, 1.807) is 18.7 Å². The Bertz CT molecular complexity index is 613. The third-order valence-corrected chi connectivity index (χ3v) is 2.20. The van der Waals surface area contributed by atoms with Gasteiger partial charge in [-0.15, -0.1) is 0 Å². The zero-order valence-electron chi connectivity index (χ0n) is 7.23.